The minimum atomic E-state index is 0.843. The number of para-hydroxylation sites is 1. The van der Waals surface area contributed by atoms with E-state index in [9.17, 15) is 0 Å². The van der Waals surface area contributed by atoms with E-state index >= 15 is 0 Å². The summed E-state index contributed by atoms with van der Waals surface area (Å²) in [5.74, 6) is 1.69. The molecule has 20 heavy (non-hydrogen) atoms. The molecule has 0 radical (unpaired) electrons. The van der Waals surface area contributed by atoms with Gasteiger partial charge in [0, 0.05) is 18.3 Å². The number of hydrogen-bond donors (Lipinski definition) is 1. The summed E-state index contributed by atoms with van der Waals surface area (Å²) in [6.45, 7) is 0.948. The molecule has 0 aliphatic heterocycles. The Labute approximate surface area is 120 Å². The lowest BCUT2D eigenvalue weighted by molar-refractivity contribution is 0.393. The molecule has 0 aromatic heterocycles. The Kier molecular flexibility index (Phi) is 5.30. The van der Waals surface area contributed by atoms with Crippen LogP contribution < -0.4 is 14.8 Å². The summed E-state index contributed by atoms with van der Waals surface area (Å²) in [6, 6.07) is 16.3. The average molecular weight is 271 g/mol. The zero-order chi connectivity index (χ0) is 14.2. The first-order valence-electron chi connectivity index (χ1n) is 6.82. The minimum Gasteiger partial charge on any atom is -0.497 e. The van der Waals surface area contributed by atoms with Crippen molar-refractivity contribution in [2.45, 2.75) is 12.8 Å². The molecule has 0 saturated heterocycles. The Morgan fingerprint density at radius 3 is 2.15 bits per heavy atom. The molecule has 0 bridgehead atoms. The Balaban J connectivity index is 1.84. The van der Waals surface area contributed by atoms with Crippen molar-refractivity contribution in [2.24, 2.45) is 0 Å². The fourth-order valence-electron chi connectivity index (χ4n) is 2.09. The number of methoxy groups -OCH3 is 2. The first-order valence-corrected chi connectivity index (χ1v) is 6.82. The van der Waals surface area contributed by atoms with Crippen molar-refractivity contribution >= 4 is 5.69 Å². The van der Waals surface area contributed by atoms with Gasteiger partial charge < -0.3 is 14.8 Å². The molecule has 2 aromatic carbocycles. The van der Waals surface area contributed by atoms with E-state index < -0.39 is 0 Å². The molecule has 3 heteroatoms. The highest BCUT2D eigenvalue weighted by atomic mass is 16.5. The molecular formula is C17H21NO2. The summed E-state index contributed by atoms with van der Waals surface area (Å²) in [5.41, 5.74) is 2.40. The number of aryl methyl sites for hydroxylation is 1. The van der Waals surface area contributed by atoms with E-state index in [4.69, 9.17) is 9.47 Å². The van der Waals surface area contributed by atoms with Crippen LogP contribution in [0.5, 0.6) is 11.5 Å². The van der Waals surface area contributed by atoms with Gasteiger partial charge in [0.25, 0.3) is 0 Å². The Hall–Kier alpha value is -2.16. The smallest absolute Gasteiger partial charge is 0.122 e. The predicted octanol–water partition coefficient (Wildman–Crippen LogP) is 3.75. The number of benzene rings is 2. The maximum Gasteiger partial charge on any atom is 0.122 e. The summed E-state index contributed by atoms with van der Waals surface area (Å²) in [7, 11) is 3.35. The molecule has 3 nitrogen and oxygen atoms in total. The van der Waals surface area contributed by atoms with E-state index in [-0.39, 0.29) is 0 Å². The van der Waals surface area contributed by atoms with Gasteiger partial charge in [-0.05, 0) is 42.7 Å². The molecule has 0 fully saturated rings. The van der Waals surface area contributed by atoms with E-state index in [1.807, 2.05) is 24.3 Å². The zero-order valence-corrected chi connectivity index (χ0v) is 12.1. The average Bonchev–Trinajstić information content (AvgIpc) is 2.52. The third-order valence-electron chi connectivity index (χ3n) is 3.16. The van der Waals surface area contributed by atoms with Gasteiger partial charge in [-0.1, -0.05) is 18.2 Å². The number of nitrogens with one attached hydrogen (secondary N) is 1. The summed E-state index contributed by atoms with van der Waals surface area (Å²) in [4.78, 5) is 0. The standard InChI is InChI=1S/C17H21NO2/c1-19-16-11-14(12-17(13-16)20-2)7-6-10-18-15-8-4-3-5-9-15/h3-5,8-9,11-13,18H,6-7,10H2,1-2H3. The SMILES string of the molecule is COc1cc(CCCNc2ccccc2)cc(OC)c1. The summed E-state index contributed by atoms with van der Waals surface area (Å²) >= 11 is 0. The predicted molar refractivity (Wildman–Crippen MR) is 82.8 cm³/mol. The first kappa shape index (κ1) is 14.3. The third kappa shape index (κ3) is 4.19. The van der Waals surface area contributed by atoms with Crippen molar-refractivity contribution in [3.63, 3.8) is 0 Å². The lowest BCUT2D eigenvalue weighted by Gasteiger charge is -2.09. The third-order valence-corrected chi connectivity index (χ3v) is 3.16. The second-order valence-corrected chi connectivity index (χ2v) is 4.62. The van der Waals surface area contributed by atoms with Crippen LogP contribution in [0, 0.1) is 0 Å². The van der Waals surface area contributed by atoms with Crippen LogP contribution in [-0.2, 0) is 6.42 Å². The van der Waals surface area contributed by atoms with Crippen LogP contribution in [0.4, 0.5) is 5.69 Å². The van der Waals surface area contributed by atoms with Crippen molar-refractivity contribution in [1.82, 2.24) is 0 Å². The molecule has 0 heterocycles. The van der Waals surface area contributed by atoms with E-state index in [1.165, 1.54) is 5.56 Å². The molecule has 0 aliphatic rings. The highest BCUT2D eigenvalue weighted by Gasteiger charge is 2.01. The summed E-state index contributed by atoms with van der Waals surface area (Å²) in [5, 5.41) is 3.41. The van der Waals surface area contributed by atoms with Gasteiger partial charge in [-0.15, -0.1) is 0 Å². The summed E-state index contributed by atoms with van der Waals surface area (Å²) < 4.78 is 10.6. The molecule has 0 atom stereocenters. The number of ether oxygens (including phenoxy) is 2. The van der Waals surface area contributed by atoms with Crippen molar-refractivity contribution in [1.29, 1.82) is 0 Å². The molecule has 0 aliphatic carbocycles. The quantitative estimate of drug-likeness (QED) is 0.778. The maximum absolute atomic E-state index is 5.28. The number of rotatable bonds is 7. The van der Waals surface area contributed by atoms with E-state index in [0.29, 0.717) is 0 Å². The normalized spacial score (nSPS) is 10.1. The van der Waals surface area contributed by atoms with Crippen molar-refractivity contribution in [3.05, 3.63) is 54.1 Å². The molecule has 0 unspecified atom stereocenters. The van der Waals surface area contributed by atoms with Gasteiger partial charge in [0.15, 0.2) is 0 Å². The minimum absolute atomic E-state index is 0.843. The monoisotopic (exact) mass is 271 g/mol. The molecule has 0 spiro atoms. The fourth-order valence-corrected chi connectivity index (χ4v) is 2.09. The lowest BCUT2D eigenvalue weighted by Crippen LogP contribution is -2.03. The van der Waals surface area contributed by atoms with Crippen molar-refractivity contribution in [3.8, 4) is 11.5 Å². The van der Waals surface area contributed by atoms with E-state index in [2.05, 4.69) is 29.6 Å². The highest BCUT2D eigenvalue weighted by molar-refractivity contribution is 5.42. The van der Waals surface area contributed by atoms with Crippen LogP contribution >= 0.6 is 0 Å². The fraction of sp³-hybridized carbons (Fsp3) is 0.294. The van der Waals surface area contributed by atoms with Gasteiger partial charge in [-0.25, -0.2) is 0 Å². The second-order valence-electron chi connectivity index (χ2n) is 4.62. The topological polar surface area (TPSA) is 30.5 Å². The van der Waals surface area contributed by atoms with E-state index in [1.54, 1.807) is 14.2 Å². The molecule has 0 saturated carbocycles. The zero-order valence-electron chi connectivity index (χ0n) is 12.1. The van der Waals surface area contributed by atoms with Gasteiger partial charge in [-0.3, -0.25) is 0 Å². The Morgan fingerprint density at radius 2 is 1.55 bits per heavy atom. The van der Waals surface area contributed by atoms with Gasteiger partial charge in [0.1, 0.15) is 11.5 Å². The van der Waals surface area contributed by atoms with Crippen LogP contribution in [0.15, 0.2) is 48.5 Å². The largest absolute Gasteiger partial charge is 0.497 e. The molecule has 2 rings (SSSR count). The highest BCUT2D eigenvalue weighted by Crippen LogP contribution is 2.23. The molecule has 106 valence electrons. The number of hydrogen-bond acceptors (Lipinski definition) is 3. The van der Waals surface area contributed by atoms with Gasteiger partial charge in [-0.2, -0.15) is 0 Å². The van der Waals surface area contributed by atoms with Crippen LogP contribution in [0.1, 0.15) is 12.0 Å². The summed E-state index contributed by atoms with van der Waals surface area (Å²) in [6.07, 6.45) is 2.05. The molecule has 2 aromatic rings. The Morgan fingerprint density at radius 1 is 0.900 bits per heavy atom. The Bertz CT molecular complexity index is 504. The number of anilines is 1. The molecule has 1 N–H and O–H groups in total. The first-order chi connectivity index (χ1) is 9.81. The van der Waals surface area contributed by atoms with Crippen LogP contribution in [-0.4, -0.2) is 20.8 Å². The van der Waals surface area contributed by atoms with Crippen molar-refractivity contribution in [2.75, 3.05) is 26.1 Å². The van der Waals surface area contributed by atoms with Crippen LogP contribution in [0.2, 0.25) is 0 Å². The van der Waals surface area contributed by atoms with E-state index in [0.717, 1.165) is 36.6 Å². The molecule has 0 amide bonds. The lowest BCUT2D eigenvalue weighted by atomic mass is 10.1. The van der Waals surface area contributed by atoms with Gasteiger partial charge >= 0.3 is 0 Å². The maximum atomic E-state index is 5.28. The van der Waals surface area contributed by atoms with Gasteiger partial charge in [0.05, 0.1) is 14.2 Å². The van der Waals surface area contributed by atoms with Crippen LogP contribution in [0.3, 0.4) is 0 Å². The van der Waals surface area contributed by atoms with Crippen molar-refractivity contribution < 1.29 is 9.47 Å². The van der Waals surface area contributed by atoms with Gasteiger partial charge in [0.2, 0.25) is 0 Å². The molecular weight excluding hydrogens is 250 g/mol. The second kappa shape index (κ2) is 7.43. The van der Waals surface area contributed by atoms with Crippen LogP contribution in [0.25, 0.3) is 0 Å².